The van der Waals surface area contributed by atoms with E-state index in [1.54, 1.807) is 18.8 Å². The van der Waals surface area contributed by atoms with Crippen LogP contribution in [-0.2, 0) is 7.05 Å². The second kappa shape index (κ2) is 5.37. The quantitative estimate of drug-likeness (QED) is 0.727. The fraction of sp³-hybridized carbons (Fsp3) is 0.778. The van der Waals surface area contributed by atoms with E-state index in [0.29, 0.717) is 11.3 Å². The van der Waals surface area contributed by atoms with Crippen LogP contribution in [0.15, 0.2) is 9.95 Å². The molecule has 1 heterocycles. The van der Waals surface area contributed by atoms with E-state index in [1.165, 1.54) is 4.57 Å². The molecule has 0 amide bonds. The summed E-state index contributed by atoms with van der Waals surface area (Å²) < 4.78 is 1.53. The highest BCUT2D eigenvalue weighted by atomic mass is 32.2. The van der Waals surface area contributed by atoms with Gasteiger partial charge in [0.25, 0.3) is 0 Å². The molecule has 6 heteroatoms. The summed E-state index contributed by atoms with van der Waals surface area (Å²) >= 11 is 1.60. The van der Waals surface area contributed by atoms with Crippen LogP contribution in [0, 0.1) is 0 Å². The summed E-state index contributed by atoms with van der Waals surface area (Å²) in [4.78, 5) is 11.1. The number of aromatic amines is 1. The zero-order valence-electron chi connectivity index (χ0n) is 9.57. The number of nitrogens with zero attached hydrogens (tertiary/aromatic N) is 2. The third kappa shape index (κ3) is 3.10. The van der Waals surface area contributed by atoms with Crippen LogP contribution in [0.2, 0.25) is 0 Å². The van der Waals surface area contributed by atoms with Gasteiger partial charge in [0.1, 0.15) is 0 Å². The summed E-state index contributed by atoms with van der Waals surface area (Å²) in [5.41, 5.74) is -0.166. The molecule has 0 bridgehead atoms. The Bertz CT molecular complexity index is 359. The van der Waals surface area contributed by atoms with Gasteiger partial charge >= 0.3 is 5.69 Å². The van der Waals surface area contributed by atoms with Crippen LogP contribution in [0.3, 0.4) is 0 Å². The van der Waals surface area contributed by atoms with Gasteiger partial charge in [0.2, 0.25) is 0 Å². The molecule has 0 aromatic carbocycles. The molecule has 0 aliphatic carbocycles. The maximum Gasteiger partial charge on any atom is 0.343 e. The number of hydrogen-bond donors (Lipinski definition) is 2. The van der Waals surface area contributed by atoms with Crippen LogP contribution in [0.1, 0.15) is 20.8 Å². The second-order valence-corrected chi connectivity index (χ2v) is 4.88. The molecule has 0 saturated heterocycles. The van der Waals surface area contributed by atoms with E-state index in [0.717, 1.165) is 11.7 Å². The molecular formula is C9H18N4OS. The minimum Gasteiger partial charge on any atom is -0.313 e. The fourth-order valence-electron chi connectivity index (χ4n) is 1.19. The zero-order chi connectivity index (χ0) is 11.4. The van der Waals surface area contributed by atoms with Gasteiger partial charge in [-0.15, -0.1) is 5.10 Å². The van der Waals surface area contributed by atoms with Crippen molar-refractivity contribution in [2.75, 3.05) is 6.54 Å². The lowest BCUT2D eigenvalue weighted by Gasteiger charge is -2.19. The van der Waals surface area contributed by atoms with E-state index in [2.05, 4.69) is 36.3 Å². The van der Waals surface area contributed by atoms with Gasteiger partial charge < -0.3 is 5.32 Å². The summed E-state index contributed by atoms with van der Waals surface area (Å²) in [6.07, 6.45) is 0. The van der Waals surface area contributed by atoms with Gasteiger partial charge in [-0.2, -0.15) is 0 Å². The highest BCUT2D eigenvalue weighted by molar-refractivity contribution is 7.99. The molecule has 0 spiro atoms. The zero-order valence-corrected chi connectivity index (χ0v) is 10.4. The first-order valence-corrected chi connectivity index (χ1v) is 5.95. The Morgan fingerprint density at radius 2 is 2.27 bits per heavy atom. The van der Waals surface area contributed by atoms with Crippen molar-refractivity contribution >= 4 is 11.8 Å². The Hall–Kier alpha value is -0.750. The van der Waals surface area contributed by atoms with E-state index in [1.807, 2.05) is 0 Å². The monoisotopic (exact) mass is 230 g/mol. The number of H-pyrrole nitrogens is 1. The van der Waals surface area contributed by atoms with Crippen LogP contribution in [-0.4, -0.2) is 32.6 Å². The molecule has 5 nitrogen and oxygen atoms in total. The lowest BCUT2D eigenvalue weighted by molar-refractivity contribution is 0.561. The molecule has 2 atom stereocenters. The molecular weight excluding hydrogens is 212 g/mol. The van der Waals surface area contributed by atoms with Crippen molar-refractivity contribution < 1.29 is 0 Å². The minimum absolute atomic E-state index is 0.166. The summed E-state index contributed by atoms with van der Waals surface area (Å²) in [5, 5.41) is 10.8. The predicted molar refractivity (Wildman–Crippen MR) is 62.3 cm³/mol. The van der Waals surface area contributed by atoms with Crippen molar-refractivity contribution in [3.63, 3.8) is 0 Å². The highest BCUT2D eigenvalue weighted by Crippen LogP contribution is 2.21. The fourth-order valence-corrected chi connectivity index (χ4v) is 2.17. The van der Waals surface area contributed by atoms with E-state index >= 15 is 0 Å². The third-order valence-electron chi connectivity index (χ3n) is 2.36. The first-order chi connectivity index (χ1) is 7.06. The lowest BCUT2D eigenvalue weighted by atomic mass is 10.2. The summed E-state index contributed by atoms with van der Waals surface area (Å²) in [6, 6.07) is 0.395. The van der Waals surface area contributed by atoms with Gasteiger partial charge in [0.05, 0.1) is 0 Å². The van der Waals surface area contributed by atoms with Gasteiger partial charge in [-0.3, -0.25) is 4.57 Å². The second-order valence-electron chi connectivity index (χ2n) is 3.54. The topological polar surface area (TPSA) is 62.7 Å². The minimum atomic E-state index is -0.166. The van der Waals surface area contributed by atoms with Crippen molar-refractivity contribution in [2.24, 2.45) is 7.05 Å². The molecule has 86 valence electrons. The molecule has 0 fully saturated rings. The van der Waals surface area contributed by atoms with Crippen LogP contribution in [0.25, 0.3) is 0 Å². The third-order valence-corrected chi connectivity index (χ3v) is 3.72. The van der Waals surface area contributed by atoms with Crippen molar-refractivity contribution in [3.8, 4) is 0 Å². The molecule has 1 aromatic heterocycles. The standard InChI is InChI=1S/C9H18N4OS/c1-5-10-6(2)7(3)15-9-12-11-8(14)13(9)4/h6-7,10H,5H2,1-4H3,(H,11,14). The number of aromatic nitrogens is 3. The maximum absolute atomic E-state index is 11.1. The number of thioether (sulfide) groups is 1. The Balaban J connectivity index is 2.62. The highest BCUT2D eigenvalue weighted by Gasteiger charge is 2.15. The van der Waals surface area contributed by atoms with Gasteiger partial charge in [0, 0.05) is 18.3 Å². The predicted octanol–water partition coefficient (Wildman–Crippen LogP) is 0.587. The molecule has 0 radical (unpaired) electrons. The SMILES string of the molecule is CCNC(C)C(C)Sc1n[nH]c(=O)n1C. The van der Waals surface area contributed by atoms with Gasteiger partial charge in [-0.1, -0.05) is 25.6 Å². The van der Waals surface area contributed by atoms with Crippen molar-refractivity contribution in [1.29, 1.82) is 0 Å². The Morgan fingerprint density at radius 1 is 1.60 bits per heavy atom. The summed E-state index contributed by atoms with van der Waals surface area (Å²) in [5.74, 6) is 0. The average Bonchev–Trinajstić information content (AvgIpc) is 2.50. The first kappa shape index (κ1) is 12.3. The van der Waals surface area contributed by atoms with Crippen LogP contribution in [0.5, 0.6) is 0 Å². The Labute approximate surface area is 93.6 Å². The summed E-state index contributed by atoms with van der Waals surface area (Å²) in [6.45, 7) is 7.28. The normalized spacial score (nSPS) is 15.2. The van der Waals surface area contributed by atoms with Crippen molar-refractivity contribution in [1.82, 2.24) is 20.1 Å². The molecule has 1 rings (SSSR count). The Morgan fingerprint density at radius 3 is 2.73 bits per heavy atom. The number of nitrogens with one attached hydrogen (secondary N) is 2. The van der Waals surface area contributed by atoms with Crippen molar-refractivity contribution in [3.05, 3.63) is 10.5 Å². The van der Waals surface area contributed by atoms with Crippen molar-refractivity contribution in [2.45, 2.75) is 37.2 Å². The molecule has 2 N–H and O–H groups in total. The smallest absolute Gasteiger partial charge is 0.313 e. The van der Waals surface area contributed by atoms with E-state index in [-0.39, 0.29) is 5.69 Å². The van der Waals surface area contributed by atoms with Crippen LogP contribution in [0.4, 0.5) is 0 Å². The molecule has 0 aliphatic rings. The molecule has 1 aromatic rings. The Kier molecular flexibility index (Phi) is 4.41. The molecule has 15 heavy (non-hydrogen) atoms. The first-order valence-electron chi connectivity index (χ1n) is 5.07. The summed E-state index contributed by atoms with van der Waals surface area (Å²) in [7, 11) is 1.72. The van der Waals surface area contributed by atoms with E-state index in [4.69, 9.17) is 0 Å². The maximum atomic E-state index is 11.1. The van der Waals surface area contributed by atoms with Gasteiger partial charge in [0.15, 0.2) is 5.16 Å². The van der Waals surface area contributed by atoms with E-state index in [9.17, 15) is 4.79 Å². The van der Waals surface area contributed by atoms with Gasteiger partial charge in [-0.05, 0) is 13.5 Å². The van der Waals surface area contributed by atoms with Gasteiger partial charge in [-0.25, -0.2) is 9.89 Å². The molecule has 0 saturated carbocycles. The largest absolute Gasteiger partial charge is 0.343 e. The van der Waals surface area contributed by atoms with Crippen LogP contribution < -0.4 is 11.0 Å². The molecule has 2 unspecified atom stereocenters. The van der Waals surface area contributed by atoms with Crippen LogP contribution >= 0.6 is 11.8 Å². The number of rotatable bonds is 5. The number of hydrogen-bond acceptors (Lipinski definition) is 4. The lowest BCUT2D eigenvalue weighted by Crippen LogP contribution is -2.33. The average molecular weight is 230 g/mol. The van der Waals surface area contributed by atoms with E-state index < -0.39 is 0 Å². The molecule has 0 aliphatic heterocycles.